The Morgan fingerprint density at radius 1 is 1.11 bits per heavy atom. The summed E-state index contributed by atoms with van der Waals surface area (Å²) in [4.78, 5) is 6.51. The number of β-amino-alcohol motifs (C(OH)–C–C–N with tert-alkyl or cyclic N) is 1. The van der Waals surface area contributed by atoms with Crippen LogP contribution in [0, 0.1) is 0 Å². The minimum Gasteiger partial charge on any atom is -0.385 e. The number of pyridine rings is 1. The number of fused-ring (bicyclic) bond motifs is 1. The maximum Gasteiger partial charge on any atom is 0.109 e. The summed E-state index contributed by atoms with van der Waals surface area (Å²) in [5.74, 6) is 0. The molecule has 0 saturated carbocycles. The fourth-order valence-corrected chi connectivity index (χ4v) is 2.62. The molecular weight excluding hydrogens is 236 g/mol. The van der Waals surface area contributed by atoms with Crippen molar-refractivity contribution in [2.75, 3.05) is 13.1 Å². The molecule has 0 fully saturated rings. The Bertz CT molecular complexity index is 541. The Balaban J connectivity index is 1.66. The molecule has 0 spiro atoms. The molecule has 3 nitrogen and oxygen atoms in total. The number of hydrogen-bond acceptors (Lipinski definition) is 3. The molecule has 98 valence electrons. The molecule has 1 aliphatic rings. The fourth-order valence-electron chi connectivity index (χ4n) is 2.62. The third-order valence-electron chi connectivity index (χ3n) is 3.67. The number of benzene rings is 1. The van der Waals surface area contributed by atoms with Crippen molar-refractivity contribution in [3.05, 3.63) is 65.5 Å². The molecule has 1 N–H and O–H groups in total. The number of aliphatic hydroxyl groups excluding tert-OH is 1. The first kappa shape index (κ1) is 12.3. The molecule has 0 radical (unpaired) electrons. The van der Waals surface area contributed by atoms with E-state index >= 15 is 0 Å². The minimum absolute atomic E-state index is 0.508. The van der Waals surface area contributed by atoms with Gasteiger partial charge in [0.1, 0.15) is 6.10 Å². The molecule has 3 heteroatoms. The highest BCUT2D eigenvalue weighted by Crippen LogP contribution is 2.20. The van der Waals surface area contributed by atoms with E-state index in [0.29, 0.717) is 6.54 Å². The van der Waals surface area contributed by atoms with Crippen molar-refractivity contribution in [1.29, 1.82) is 0 Å². The van der Waals surface area contributed by atoms with Gasteiger partial charge in [-0.1, -0.05) is 30.3 Å². The van der Waals surface area contributed by atoms with Crippen molar-refractivity contribution >= 4 is 0 Å². The lowest BCUT2D eigenvalue weighted by molar-refractivity contribution is 0.103. The summed E-state index contributed by atoms with van der Waals surface area (Å²) in [6.07, 6.45) is 2.28. The first-order valence-electron chi connectivity index (χ1n) is 6.71. The maximum atomic E-state index is 10.2. The Kier molecular flexibility index (Phi) is 3.58. The van der Waals surface area contributed by atoms with Crippen molar-refractivity contribution in [2.45, 2.75) is 19.1 Å². The van der Waals surface area contributed by atoms with Crippen LogP contribution in [0.5, 0.6) is 0 Å². The summed E-state index contributed by atoms with van der Waals surface area (Å²) >= 11 is 0. The Morgan fingerprint density at radius 3 is 2.68 bits per heavy atom. The highest BCUT2D eigenvalue weighted by molar-refractivity contribution is 5.29. The van der Waals surface area contributed by atoms with Gasteiger partial charge in [0.2, 0.25) is 0 Å². The maximum absolute atomic E-state index is 10.2. The van der Waals surface area contributed by atoms with Crippen LogP contribution in [0.4, 0.5) is 0 Å². The second-order valence-corrected chi connectivity index (χ2v) is 5.02. The molecule has 1 aromatic carbocycles. The standard InChI is InChI=1S/C16H18N2O/c19-16(15-7-3-4-9-17-15)12-18-10-8-13-5-1-2-6-14(13)11-18/h1-7,9,16,19H,8,10-12H2. The van der Waals surface area contributed by atoms with Crippen LogP contribution < -0.4 is 0 Å². The SMILES string of the molecule is OC(CN1CCc2ccccc2C1)c1ccccn1. The lowest BCUT2D eigenvalue weighted by Crippen LogP contribution is -2.34. The monoisotopic (exact) mass is 254 g/mol. The van der Waals surface area contributed by atoms with Gasteiger partial charge in [-0.2, -0.15) is 0 Å². The van der Waals surface area contributed by atoms with Crippen molar-refractivity contribution in [1.82, 2.24) is 9.88 Å². The highest BCUT2D eigenvalue weighted by Gasteiger charge is 2.19. The van der Waals surface area contributed by atoms with Crippen molar-refractivity contribution in [3.8, 4) is 0 Å². The topological polar surface area (TPSA) is 36.4 Å². The quantitative estimate of drug-likeness (QED) is 0.912. The van der Waals surface area contributed by atoms with Crippen molar-refractivity contribution < 1.29 is 5.11 Å². The predicted octanol–water partition coefficient (Wildman–Crippen LogP) is 2.17. The largest absolute Gasteiger partial charge is 0.385 e. The van der Waals surface area contributed by atoms with Gasteiger partial charge in [0, 0.05) is 25.8 Å². The van der Waals surface area contributed by atoms with Crippen LogP contribution in [0.2, 0.25) is 0 Å². The van der Waals surface area contributed by atoms with E-state index in [0.717, 1.165) is 25.2 Å². The molecule has 0 bridgehead atoms. The normalized spacial score (nSPS) is 16.9. The van der Waals surface area contributed by atoms with E-state index in [1.807, 2.05) is 18.2 Å². The number of nitrogens with zero attached hydrogens (tertiary/aromatic N) is 2. The van der Waals surface area contributed by atoms with Gasteiger partial charge in [0.15, 0.2) is 0 Å². The van der Waals surface area contributed by atoms with Crippen LogP contribution in [-0.2, 0) is 13.0 Å². The summed E-state index contributed by atoms with van der Waals surface area (Å²) in [5, 5.41) is 10.2. The Labute approximate surface area is 113 Å². The van der Waals surface area contributed by atoms with Crippen molar-refractivity contribution in [3.63, 3.8) is 0 Å². The van der Waals surface area contributed by atoms with Gasteiger partial charge < -0.3 is 5.11 Å². The van der Waals surface area contributed by atoms with E-state index in [1.165, 1.54) is 11.1 Å². The van der Waals surface area contributed by atoms with Crippen LogP contribution in [0.15, 0.2) is 48.7 Å². The van der Waals surface area contributed by atoms with Crippen LogP contribution >= 0.6 is 0 Å². The van der Waals surface area contributed by atoms with Crippen LogP contribution in [-0.4, -0.2) is 28.1 Å². The predicted molar refractivity (Wildman–Crippen MR) is 74.6 cm³/mol. The van der Waals surface area contributed by atoms with Gasteiger partial charge in [-0.25, -0.2) is 0 Å². The summed E-state index contributed by atoms with van der Waals surface area (Å²) in [6.45, 7) is 2.56. The lowest BCUT2D eigenvalue weighted by Gasteiger charge is -2.30. The molecular formula is C16H18N2O. The first-order chi connectivity index (χ1) is 9.33. The van der Waals surface area contributed by atoms with Gasteiger partial charge in [-0.05, 0) is 29.7 Å². The van der Waals surface area contributed by atoms with E-state index in [-0.39, 0.29) is 0 Å². The Hall–Kier alpha value is -1.71. The van der Waals surface area contributed by atoms with Gasteiger partial charge in [-0.3, -0.25) is 9.88 Å². The van der Waals surface area contributed by atoms with Crippen molar-refractivity contribution in [2.24, 2.45) is 0 Å². The molecule has 2 heterocycles. The number of rotatable bonds is 3. The molecule has 1 aliphatic heterocycles. The number of hydrogen-bond donors (Lipinski definition) is 1. The Morgan fingerprint density at radius 2 is 1.89 bits per heavy atom. The summed E-state index contributed by atoms with van der Waals surface area (Å²) in [5.41, 5.74) is 3.56. The van der Waals surface area contributed by atoms with E-state index in [2.05, 4.69) is 34.1 Å². The second-order valence-electron chi connectivity index (χ2n) is 5.02. The molecule has 3 rings (SSSR count). The number of aliphatic hydroxyl groups is 1. The third kappa shape index (κ3) is 2.83. The van der Waals surface area contributed by atoms with E-state index in [1.54, 1.807) is 6.20 Å². The zero-order valence-corrected chi connectivity index (χ0v) is 10.9. The average Bonchev–Trinajstić information content (AvgIpc) is 2.48. The second kappa shape index (κ2) is 5.51. The summed E-state index contributed by atoms with van der Waals surface area (Å²) < 4.78 is 0. The summed E-state index contributed by atoms with van der Waals surface area (Å²) in [7, 11) is 0. The average molecular weight is 254 g/mol. The molecule has 1 atom stereocenters. The minimum atomic E-state index is -0.508. The van der Waals surface area contributed by atoms with Gasteiger partial charge in [0.25, 0.3) is 0 Å². The van der Waals surface area contributed by atoms with Crippen LogP contribution in [0.3, 0.4) is 0 Å². The smallest absolute Gasteiger partial charge is 0.109 e. The molecule has 0 saturated heterocycles. The number of aromatic nitrogens is 1. The van der Waals surface area contributed by atoms with Gasteiger partial charge in [0.05, 0.1) is 5.69 Å². The molecule has 2 aromatic rings. The molecule has 1 unspecified atom stereocenters. The first-order valence-corrected chi connectivity index (χ1v) is 6.71. The van der Waals surface area contributed by atoms with E-state index in [4.69, 9.17) is 0 Å². The highest BCUT2D eigenvalue weighted by atomic mass is 16.3. The van der Waals surface area contributed by atoms with Gasteiger partial charge in [-0.15, -0.1) is 0 Å². The summed E-state index contributed by atoms with van der Waals surface area (Å²) in [6, 6.07) is 14.2. The zero-order chi connectivity index (χ0) is 13.1. The van der Waals surface area contributed by atoms with Gasteiger partial charge >= 0.3 is 0 Å². The van der Waals surface area contributed by atoms with E-state index in [9.17, 15) is 5.11 Å². The van der Waals surface area contributed by atoms with E-state index < -0.39 is 6.10 Å². The molecule has 1 aromatic heterocycles. The van der Waals surface area contributed by atoms with Crippen LogP contribution in [0.1, 0.15) is 22.9 Å². The fraction of sp³-hybridized carbons (Fsp3) is 0.312. The molecule has 0 aliphatic carbocycles. The molecule has 0 amide bonds. The lowest BCUT2D eigenvalue weighted by atomic mass is 9.99. The molecule has 19 heavy (non-hydrogen) atoms. The van der Waals surface area contributed by atoms with Crippen LogP contribution in [0.25, 0.3) is 0 Å². The zero-order valence-electron chi connectivity index (χ0n) is 10.9. The third-order valence-corrected chi connectivity index (χ3v) is 3.67.